The molecule has 16 heteroatoms. The Morgan fingerprint density at radius 3 is 2.16 bits per heavy atom. The van der Waals surface area contributed by atoms with Crippen LogP contribution in [0.4, 0.5) is 0 Å². The van der Waals surface area contributed by atoms with Crippen LogP contribution in [0.1, 0.15) is 40.5 Å². The monoisotopic (exact) mass is 534 g/mol. The molecule has 0 bridgehead atoms. The number of aliphatic hydroxyl groups excluding tert-OH is 1. The maximum atomic E-state index is 12.9. The Morgan fingerprint density at radius 2 is 1.70 bits per heavy atom. The number of rotatable bonds is 13. The molecule has 0 aromatic carbocycles. The fourth-order valence-electron chi connectivity index (χ4n) is 3.65. The van der Waals surface area contributed by atoms with Crippen LogP contribution in [-0.2, 0) is 43.0 Å². The van der Waals surface area contributed by atoms with E-state index in [1.54, 1.807) is 0 Å². The molecule has 0 aromatic rings. The summed E-state index contributed by atoms with van der Waals surface area (Å²) < 4.78 is 16.0. The third kappa shape index (κ3) is 8.92. The van der Waals surface area contributed by atoms with E-state index >= 15 is 0 Å². The normalized spacial score (nSPS) is 25.7. The number of carbonyl (C=O) groups excluding carboxylic acids is 4. The largest absolute Gasteiger partial charge is 0.481 e. The van der Waals surface area contributed by atoms with Crippen molar-refractivity contribution < 1.29 is 58.3 Å². The van der Waals surface area contributed by atoms with E-state index < -0.39 is 97.4 Å². The van der Waals surface area contributed by atoms with Crippen molar-refractivity contribution in [3.8, 4) is 0 Å². The van der Waals surface area contributed by atoms with E-state index in [9.17, 15) is 39.0 Å². The summed E-state index contributed by atoms with van der Waals surface area (Å²) >= 11 is 0. The lowest BCUT2D eigenvalue weighted by Crippen LogP contribution is -2.70. The molecule has 0 spiro atoms. The molecule has 1 saturated heterocycles. The topological polar surface area (TPSA) is 258 Å². The van der Waals surface area contributed by atoms with Crippen LogP contribution < -0.4 is 16.8 Å². The maximum absolute atomic E-state index is 12.9. The van der Waals surface area contributed by atoms with Gasteiger partial charge in [-0.05, 0) is 20.3 Å². The molecule has 0 aliphatic carbocycles. The summed E-state index contributed by atoms with van der Waals surface area (Å²) in [4.78, 5) is 71.6. The Balaban J connectivity index is 3.28. The van der Waals surface area contributed by atoms with Crippen LogP contribution in [0.3, 0.4) is 0 Å². The van der Waals surface area contributed by atoms with Crippen LogP contribution in [0.15, 0.2) is 0 Å². The summed E-state index contributed by atoms with van der Waals surface area (Å²) in [5.74, 6) is -5.94. The maximum Gasteiger partial charge on any atom is 0.332 e. The van der Waals surface area contributed by atoms with Gasteiger partial charge in [0.1, 0.15) is 37.0 Å². The molecule has 8 N–H and O–H groups in total. The lowest BCUT2D eigenvalue weighted by molar-refractivity contribution is -0.247. The smallest absolute Gasteiger partial charge is 0.332 e. The molecule has 210 valence electrons. The first-order valence-corrected chi connectivity index (χ1v) is 11.3. The molecule has 1 fully saturated rings. The molecule has 16 nitrogen and oxygen atoms in total. The molecule has 8 atom stereocenters. The van der Waals surface area contributed by atoms with Crippen molar-refractivity contribution in [3.05, 3.63) is 0 Å². The summed E-state index contributed by atoms with van der Waals surface area (Å²) in [7, 11) is 0. The summed E-state index contributed by atoms with van der Waals surface area (Å²) in [6.45, 7) is 4.13. The zero-order chi connectivity index (χ0) is 28.6. The number of hydrogen-bond acceptors (Lipinski definition) is 11. The Bertz CT molecular complexity index is 884. The van der Waals surface area contributed by atoms with Crippen LogP contribution in [0.5, 0.6) is 0 Å². The SMILES string of the molecule is CC(=O)OC[C@H]1OC(N(C(C)=O)[C@@H](C)C(=O)N[C@H](CCC(=O)O)C(N)=O)[C@H](N)[C@@H](O[C@H](C)C(=O)O)[C@@H]1O. The number of hydrogen-bond donors (Lipinski definition) is 6. The minimum absolute atomic E-state index is 0.303. The van der Waals surface area contributed by atoms with Crippen LogP contribution in [-0.4, -0.2) is 111 Å². The molecule has 1 aliphatic rings. The van der Waals surface area contributed by atoms with Crippen molar-refractivity contribution in [3.63, 3.8) is 0 Å². The number of nitrogens with two attached hydrogens (primary N) is 2. The van der Waals surface area contributed by atoms with Crippen LogP contribution >= 0.6 is 0 Å². The van der Waals surface area contributed by atoms with E-state index in [2.05, 4.69) is 5.32 Å². The van der Waals surface area contributed by atoms with Crippen molar-refractivity contribution in [1.82, 2.24) is 10.2 Å². The molecular weight excluding hydrogens is 500 g/mol. The van der Waals surface area contributed by atoms with Gasteiger partial charge < -0.3 is 51.2 Å². The van der Waals surface area contributed by atoms with Gasteiger partial charge >= 0.3 is 17.9 Å². The highest BCUT2D eigenvalue weighted by atomic mass is 16.6. The zero-order valence-corrected chi connectivity index (χ0v) is 20.9. The number of primary amides is 1. The average Bonchev–Trinajstić information content (AvgIpc) is 2.78. The lowest BCUT2D eigenvalue weighted by Gasteiger charge is -2.48. The molecule has 1 rings (SSSR count). The second-order valence-electron chi connectivity index (χ2n) is 8.52. The van der Waals surface area contributed by atoms with Gasteiger partial charge in [-0.3, -0.25) is 24.0 Å². The number of aliphatic carboxylic acids is 2. The van der Waals surface area contributed by atoms with Gasteiger partial charge in [-0.1, -0.05) is 0 Å². The third-order valence-electron chi connectivity index (χ3n) is 5.64. The zero-order valence-electron chi connectivity index (χ0n) is 20.9. The molecular formula is C21H34N4O12. The molecule has 37 heavy (non-hydrogen) atoms. The van der Waals surface area contributed by atoms with Gasteiger partial charge in [0.05, 0.1) is 6.04 Å². The van der Waals surface area contributed by atoms with Crippen molar-refractivity contribution >= 4 is 35.6 Å². The second-order valence-corrected chi connectivity index (χ2v) is 8.52. The van der Waals surface area contributed by atoms with Crippen LogP contribution in [0.25, 0.3) is 0 Å². The van der Waals surface area contributed by atoms with Crippen molar-refractivity contribution in [2.75, 3.05) is 6.61 Å². The fraction of sp³-hybridized carbons (Fsp3) is 0.714. The summed E-state index contributed by atoms with van der Waals surface area (Å²) in [5, 5.41) is 31.1. The first-order valence-electron chi connectivity index (χ1n) is 11.3. The molecule has 0 radical (unpaired) electrons. The molecule has 1 aliphatic heterocycles. The van der Waals surface area contributed by atoms with Crippen LogP contribution in [0, 0.1) is 0 Å². The standard InChI is InChI=1S/C21H34N4O12/c1-8(19(32)24-12(18(23)31)5-6-14(28)29)25(10(3)26)20-15(22)17(36-9(2)21(33)34)16(30)13(37-20)7-35-11(4)27/h8-9,12-13,15-17,20,30H,5-7,22H2,1-4H3,(H2,23,31)(H,24,32)(H,28,29)(H,33,34)/t8-,9+,12+,13+,15+,16+,17+,20?/m0/s1. The van der Waals surface area contributed by atoms with Gasteiger partial charge in [-0.15, -0.1) is 0 Å². The molecule has 0 aromatic heterocycles. The number of carboxylic acid groups (broad SMARTS) is 2. The molecule has 3 amide bonds. The number of carbonyl (C=O) groups is 6. The molecule has 1 unspecified atom stereocenters. The highest BCUT2D eigenvalue weighted by molar-refractivity contribution is 5.91. The van der Waals surface area contributed by atoms with E-state index in [1.165, 1.54) is 13.8 Å². The van der Waals surface area contributed by atoms with E-state index in [-0.39, 0.29) is 6.42 Å². The van der Waals surface area contributed by atoms with Gasteiger partial charge in [0.2, 0.25) is 17.7 Å². The Labute approximate surface area is 212 Å². The predicted molar refractivity (Wildman–Crippen MR) is 121 cm³/mol. The van der Waals surface area contributed by atoms with E-state index in [0.29, 0.717) is 0 Å². The first kappa shape index (κ1) is 31.7. The number of aliphatic hydroxyl groups is 1. The molecule has 1 heterocycles. The minimum atomic E-state index is -1.58. The number of carboxylic acids is 2. The van der Waals surface area contributed by atoms with E-state index in [0.717, 1.165) is 18.7 Å². The number of amides is 3. The quantitative estimate of drug-likeness (QED) is 0.128. The lowest BCUT2D eigenvalue weighted by atomic mass is 9.94. The van der Waals surface area contributed by atoms with Crippen molar-refractivity contribution in [1.29, 1.82) is 0 Å². The summed E-state index contributed by atoms with van der Waals surface area (Å²) in [5.41, 5.74) is 11.5. The summed E-state index contributed by atoms with van der Waals surface area (Å²) in [6, 6.07) is -4.11. The average molecular weight is 535 g/mol. The second kappa shape index (κ2) is 13.8. The summed E-state index contributed by atoms with van der Waals surface area (Å²) in [6.07, 6.45) is -8.04. The van der Waals surface area contributed by atoms with E-state index in [1.807, 2.05) is 0 Å². The highest BCUT2D eigenvalue weighted by Crippen LogP contribution is 2.27. The number of nitrogens with zero attached hydrogens (tertiary/aromatic N) is 1. The predicted octanol–water partition coefficient (Wildman–Crippen LogP) is -3.11. The third-order valence-corrected chi connectivity index (χ3v) is 5.64. The van der Waals surface area contributed by atoms with Gasteiger partial charge in [0.15, 0.2) is 12.3 Å². The van der Waals surface area contributed by atoms with Crippen molar-refractivity contribution in [2.24, 2.45) is 11.5 Å². The number of nitrogens with one attached hydrogen (secondary N) is 1. The van der Waals surface area contributed by atoms with E-state index in [4.69, 9.17) is 30.8 Å². The van der Waals surface area contributed by atoms with Gasteiger partial charge in [0, 0.05) is 20.3 Å². The highest BCUT2D eigenvalue weighted by Gasteiger charge is 2.50. The number of esters is 1. The Morgan fingerprint density at radius 1 is 1.11 bits per heavy atom. The molecule has 0 saturated carbocycles. The van der Waals surface area contributed by atoms with Gasteiger partial charge in [-0.25, -0.2) is 4.79 Å². The van der Waals surface area contributed by atoms with Gasteiger partial charge in [0.25, 0.3) is 0 Å². The van der Waals surface area contributed by atoms with Crippen LogP contribution in [0.2, 0.25) is 0 Å². The first-order chi connectivity index (χ1) is 17.1. The Hall–Kier alpha value is -3.34. The number of ether oxygens (including phenoxy) is 3. The minimum Gasteiger partial charge on any atom is -0.481 e. The van der Waals surface area contributed by atoms with Gasteiger partial charge in [-0.2, -0.15) is 0 Å². The fourth-order valence-corrected chi connectivity index (χ4v) is 3.65. The Kier molecular flexibility index (Phi) is 11.8. The van der Waals surface area contributed by atoms with Crippen molar-refractivity contribution in [2.45, 2.75) is 89.3 Å².